The van der Waals surface area contributed by atoms with E-state index in [4.69, 9.17) is 4.74 Å². The van der Waals surface area contributed by atoms with Gasteiger partial charge in [-0.05, 0) is 66.2 Å². The Morgan fingerprint density at radius 1 is 0.793 bits per heavy atom. The zero-order valence-electron chi connectivity index (χ0n) is 15.5. The highest BCUT2D eigenvalue weighted by Crippen LogP contribution is 2.18. The van der Waals surface area contributed by atoms with Crippen LogP contribution in [-0.4, -0.2) is 26.4 Å². The molecule has 148 valence electrons. The molecule has 3 aromatic rings. The van der Waals surface area contributed by atoms with Crippen molar-refractivity contribution in [3.05, 3.63) is 101 Å². The monoisotopic (exact) mass is 412 g/mol. The van der Waals surface area contributed by atoms with Gasteiger partial charge in [0.2, 0.25) is 0 Å². The first-order chi connectivity index (χ1) is 13.7. The lowest BCUT2D eigenvalue weighted by Crippen LogP contribution is -2.09. The molecule has 0 unspecified atom stereocenters. The SMILES string of the molecule is CS(=O)(=O)Cc1ccc(C(=O)Oc2ccc(C(=O)c3ccc(F)cc3)cc2)cc1. The molecule has 0 saturated heterocycles. The summed E-state index contributed by atoms with van der Waals surface area (Å²) < 4.78 is 40.9. The molecule has 0 saturated carbocycles. The Bertz CT molecular complexity index is 1130. The van der Waals surface area contributed by atoms with E-state index in [1.165, 1.54) is 60.7 Å². The van der Waals surface area contributed by atoms with Crippen molar-refractivity contribution in [3.8, 4) is 5.75 Å². The third-order valence-electron chi connectivity index (χ3n) is 4.05. The maximum Gasteiger partial charge on any atom is 0.343 e. The van der Waals surface area contributed by atoms with Crippen molar-refractivity contribution < 1.29 is 27.1 Å². The molecule has 0 aliphatic rings. The van der Waals surface area contributed by atoms with Crippen LogP contribution in [0.25, 0.3) is 0 Å². The van der Waals surface area contributed by atoms with Gasteiger partial charge in [0.1, 0.15) is 11.6 Å². The molecular formula is C22H17FO5S. The molecule has 0 amide bonds. The fraction of sp³-hybridized carbons (Fsp3) is 0.0909. The van der Waals surface area contributed by atoms with Crippen molar-refractivity contribution >= 4 is 21.6 Å². The van der Waals surface area contributed by atoms with Gasteiger partial charge in [0.05, 0.1) is 11.3 Å². The van der Waals surface area contributed by atoms with E-state index in [-0.39, 0.29) is 22.8 Å². The molecule has 0 spiro atoms. The van der Waals surface area contributed by atoms with Gasteiger partial charge in [-0.25, -0.2) is 17.6 Å². The van der Waals surface area contributed by atoms with Crippen molar-refractivity contribution in [3.63, 3.8) is 0 Å². The summed E-state index contributed by atoms with van der Waals surface area (Å²) in [5.41, 5.74) is 1.58. The number of sulfone groups is 1. The number of carbonyl (C=O) groups excluding carboxylic acids is 2. The molecule has 0 N–H and O–H groups in total. The Morgan fingerprint density at radius 2 is 1.28 bits per heavy atom. The van der Waals surface area contributed by atoms with Crippen LogP contribution in [0.4, 0.5) is 4.39 Å². The zero-order valence-corrected chi connectivity index (χ0v) is 16.3. The molecular weight excluding hydrogens is 395 g/mol. The molecule has 0 heterocycles. The Labute approximate surface area is 167 Å². The second-order valence-electron chi connectivity index (χ2n) is 6.52. The Morgan fingerprint density at radius 3 is 1.79 bits per heavy atom. The summed E-state index contributed by atoms with van der Waals surface area (Å²) in [5, 5.41) is 0. The van der Waals surface area contributed by atoms with Crippen LogP contribution >= 0.6 is 0 Å². The molecule has 0 atom stereocenters. The number of halogens is 1. The smallest absolute Gasteiger partial charge is 0.343 e. The first kappa shape index (κ1) is 20.4. The van der Waals surface area contributed by atoms with E-state index in [9.17, 15) is 22.4 Å². The Hall–Kier alpha value is -3.32. The predicted molar refractivity (Wildman–Crippen MR) is 106 cm³/mol. The minimum absolute atomic E-state index is 0.105. The van der Waals surface area contributed by atoms with Crippen LogP contribution in [0, 0.1) is 5.82 Å². The fourth-order valence-electron chi connectivity index (χ4n) is 2.65. The highest BCUT2D eigenvalue weighted by molar-refractivity contribution is 7.89. The number of ether oxygens (including phenoxy) is 1. The van der Waals surface area contributed by atoms with Crippen LogP contribution in [0.1, 0.15) is 31.8 Å². The van der Waals surface area contributed by atoms with E-state index < -0.39 is 21.6 Å². The van der Waals surface area contributed by atoms with Crippen LogP contribution in [0.3, 0.4) is 0 Å². The highest BCUT2D eigenvalue weighted by atomic mass is 32.2. The second kappa shape index (κ2) is 8.36. The zero-order chi connectivity index (χ0) is 21.0. The average molecular weight is 412 g/mol. The number of benzene rings is 3. The molecule has 3 aromatic carbocycles. The summed E-state index contributed by atoms with van der Waals surface area (Å²) in [5.74, 6) is -1.15. The van der Waals surface area contributed by atoms with Gasteiger partial charge in [0, 0.05) is 17.4 Å². The van der Waals surface area contributed by atoms with E-state index in [1.54, 1.807) is 12.1 Å². The highest BCUT2D eigenvalue weighted by Gasteiger charge is 2.12. The number of carbonyl (C=O) groups is 2. The molecule has 0 bridgehead atoms. The molecule has 3 rings (SSSR count). The molecule has 0 aliphatic heterocycles. The molecule has 5 nitrogen and oxygen atoms in total. The first-order valence-electron chi connectivity index (χ1n) is 8.60. The van der Waals surface area contributed by atoms with Gasteiger partial charge in [0.25, 0.3) is 0 Å². The van der Waals surface area contributed by atoms with E-state index in [0.717, 1.165) is 6.26 Å². The molecule has 0 radical (unpaired) electrons. The lowest BCUT2D eigenvalue weighted by atomic mass is 10.0. The first-order valence-corrected chi connectivity index (χ1v) is 10.7. The number of ketones is 1. The minimum Gasteiger partial charge on any atom is -0.423 e. The number of esters is 1. The second-order valence-corrected chi connectivity index (χ2v) is 8.66. The Balaban J connectivity index is 1.67. The Kier molecular flexibility index (Phi) is 5.89. The van der Waals surface area contributed by atoms with Gasteiger partial charge in [-0.15, -0.1) is 0 Å². The standard InChI is InChI=1S/C22H17FO5S/c1-29(26,27)14-15-2-4-18(5-3-15)22(25)28-20-12-8-17(9-13-20)21(24)16-6-10-19(23)11-7-16/h2-13H,14H2,1H3. The average Bonchev–Trinajstić information content (AvgIpc) is 2.68. The van der Waals surface area contributed by atoms with E-state index in [2.05, 4.69) is 0 Å². The summed E-state index contributed by atoms with van der Waals surface area (Å²) in [7, 11) is -3.15. The number of hydrogen-bond acceptors (Lipinski definition) is 5. The van der Waals surface area contributed by atoms with Crippen molar-refractivity contribution in [2.75, 3.05) is 6.26 Å². The summed E-state index contributed by atoms with van der Waals surface area (Å²) in [4.78, 5) is 24.6. The lowest BCUT2D eigenvalue weighted by Gasteiger charge is -2.07. The summed E-state index contributed by atoms with van der Waals surface area (Å²) >= 11 is 0. The maximum atomic E-state index is 13.0. The fourth-order valence-corrected chi connectivity index (χ4v) is 3.45. The molecule has 7 heteroatoms. The largest absolute Gasteiger partial charge is 0.423 e. The van der Waals surface area contributed by atoms with Crippen LogP contribution in [-0.2, 0) is 15.6 Å². The number of rotatable bonds is 6. The molecule has 0 aliphatic carbocycles. The van der Waals surface area contributed by atoms with Crippen molar-refractivity contribution in [2.45, 2.75) is 5.75 Å². The van der Waals surface area contributed by atoms with Gasteiger partial charge < -0.3 is 4.74 Å². The normalized spacial score (nSPS) is 11.1. The minimum atomic E-state index is -3.15. The van der Waals surface area contributed by atoms with Crippen LogP contribution in [0.15, 0.2) is 72.8 Å². The van der Waals surface area contributed by atoms with Gasteiger partial charge in [-0.1, -0.05) is 12.1 Å². The summed E-state index contributed by atoms with van der Waals surface area (Å²) in [6.07, 6.45) is 1.14. The molecule has 29 heavy (non-hydrogen) atoms. The molecule has 0 aromatic heterocycles. The van der Waals surface area contributed by atoms with Gasteiger partial charge in [-0.2, -0.15) is 0 Å². The third-order valence-corrected chi connectivity index (χ3v) is 4.91. The lowest BCUT2D eigenvalue weighted by molar-refractivity contribution is 0.0734. The van der Waals surface area contributed by atoms with E-state index in [1.807, 2.05) is 0 Å². The van der Waals surface area contributed by atoms with Gasteiger partial charge in [0.15, 0.2) is 15.6 Å². The predicted octanol–water partition coefficient (Wildman–Crippen LogP) is 3.82. The third kappa shape index (κ3) is 5.58. The van der Waals surface area contributed by atoms with Crippen molar-refractivity contribution in [1.29, 1.82) is 0 Å². The van der Waals surface area contributed by atoms with Crippen LogP contribution in [0.5, 0.6) is 5.75 Å². The summed E-state index contributed by atoms with van der Waals surface area (Å²) in [6.45, 7) is 0. The van der Waals surface area contributed by atoms with E-state index >= 15 is 0 Å². The van der Waals surface area contributed by atoms with Crippen molar-refractivity contribution in [1.82, 2.24) is 0 Å². The van der Waals surface area contributed by atoms with Crippen LogP contribution in [0.2, 0.25) is 0 Å². The van der Waals surface area contributed by atoms with Gasteiger partial charge >= 0.3 is 5.97 Å². The van der Waals surface area contributed by atoms with E-state index in [0.29, 0.717) is 16.7 Å². The maximum absolute atomic E-state index is 13.0. The number of hydrogen-bond donors (Lipinski definition) is 0. The molecule has 0 fully saturated rings. The topological polar surface area (TPSA) is 77.5 Å². The van der Waals surface area contributed by atoms with Crippen molar-refractivity contribution in [2.24, 2.45) is 0 Å². The van der Waals surface area contributed by atoms with Gasteiger partial charge in [-0.3, -0.25) is 4.79 Å². The summed E-state index contributed by atoms with van der Waals surface area (Å²) in [6, 6.07) is 17.4. The van der Waals surface area contributed by atoms with Crippen LogP contribution < -0.4 is 4.74 Å². The quantitative estimate of drug-likeness (QED) is 0.349.